The normalized spacial score (nSPS) is 16.0. The maximum Gasteiger partial charge on any atom is 0.246 e. The van der Waals surface area contributed by atoms with E-state index in [1.165, 1.54) is 10.4 Å². The van der Waals surface area contributed by atoms with Crippen LogP contribution in [-0.2, 0) is 21.3 Å². The zero-order valence-corrected chi connectivity index (χ0v) is 15.6. The molecule has 0 radical (unpaired) electrons. The molecule has 1 aromatic carbocycles. The molecule has 1 fully saturated rings. The molecule has 142 valence electrons. The van der Waals surface area contributed by atoms with Gasteiger partial charge in [0.2, 0.25) is 10.0 Å². The predicted molar refractivity (Wildman–Crippen MR) is 93.2 cm³/mol. The molecule has 3 rings (SSSR count). The summed E-state index contributed by atoms with van der Waals surface area (Å²) in [6.07, 6.45) is 0. The third-order valence-corrected chi connectivity index (χ3v) is 6.43. The van der Waals surface area contributed by atoms with Crippen LogP contribution in [0.3, 0.4) is 0 Å². The van der Waals surface area contributed by atoms with Gasteiger partial charge in [-0.05, 0) is 26.0 Å². The number of halogens is 1. The van der Waals surface area contributed by atoms with Crippen molar-refractivity contribution in [2.24, 2.45) is 0 Å². The number of rotatable bonds is 6. The first-order valence-corrected chi connectivity index (χ1v) is 9.84. The Bertz CT molecular complexity index is 876. The summed E-state index contributed by atoms with van der Waals surface area (Å²) in [5.41, 5.74) is 0.992. The van der Waals surface area contributed by atoms with Crippen LogP contribution in [0.5, 0.6) is 5.75 Å². The van der Waals surface area contributed by atoms with Crippen molar-refractivity contribution in [1.29, 1.82) is 0 Å². The molecule has 0 saturated carbocycles. The Kier molecular flexibility index (Phi) is 5.59. The number of morpholine rings is 1. The van der Waals surface area contributed by atoms with Gasteiger partial charge in [-0.2, -0.15) is 9.40 Å². The molecule has 9 heteroatoms. The van der Waals surface area contributed by atoms with Crippen LogP contribution in [-0.4, -0.2) is 55.4 Å². The molecule has 1 aliphatic rings. The molecule has 1 aromatic heterocycles. The molecule has 0 unspecified atom stereocenters. The zero-order valence-electron chi connectivity index (χ0n) is 14.8. The largest absolute Gasteiger partial charge is 0.489 e. The minimum atomic E-state index is -3.62. The summed E-state index contributed by atoms with van der Waals surface area (Å²) >= 11 is 0. The van der Waals surface area contributed by atoms with Gasteiger partial charge in [-0.15, -0.1) is 0 Å². The second-order valence-electron chi connectivity index (χ2n) is 6.02. The van der Waals surface area contributed by atoms with Gasteiger partial charge in [-0.1, -0.05) is 12.1 Å². The highest BCUT2D eigenvalue weighted by Crippen LogP contribution is 2.24. The number of hydrogen-bond acceptors (Lipinski definition) is 5. The molecule has 0 aliphatic carbocycles. The topological polar surface area (TPSA) is 73.7 Å². The van der Waals surface area contributed by atoms with Crippen molar-refractivity contribution in [3.05, 3.63) is 41.5 Å². The van der Waals surface area contributed by atoms with Gasteiger partial charge < -0.3 is 9.47 Å². The Balaban J connectivity index is 1.74. The highest BCUT2D eigenvalue weighted by Gasteiger charge is 2.31. The van der Waals surface area contributed by atoms with E-state index in [4.69, 9.17) is 9.47 Å². The molecular formula is C17H22FN3O4S. The summed E-state index contributed by atoms with van der Waals surface area (Å²) in [6, 6.07) is 6.15. The SMILES string of the molecule is Cc1nn(CCOc2ccccc2F)c(C)c1S(=O)(=O)N1CCOCC1. The van der Waals surface area contributed by atoms with Crippen LogP contribution in [0.1, 0.15) is 11.4 Å². The van der Waals surface area contributed by atoms with E-state index < -0.39 is 15.8 Å². The summed E-state index contributed by atoms with van der Waals surface area (Å²) in [5, 5.41) is 4.33. The maximum absolute atomic E-state index is 13.6. The third-order valence-electron chi connectivity index (χ3n) is 4.28. The Morgan fingerprint density at radius 3 is 2.62 bits per heavy atom. The van der Waals surface area contributed by atoms with Gasteiger partial charge in [0.25, 0.3) is 0 Å². The quantitative estimate of drug-likeness (QED) is 0.760. The fourth-order valence-corrected chi connectivity index (χ4v) is 4.77. The van der Waals surface area contributed by atoms with Crippen molar-refractivity contribution < 1.29 is 22.3 Å². The highest BCUT2D eigenvalue weighted by atomic mass is 32.2. The molecule has 0 spiro atoms. The Morgan fingerprint density at radius 1 is 1.23 bits per heavy atom. The number of aromatic nitrogens is 2. The van der Waals surface area contributed by atoms with Gasteiger partial charge in [0, 0.05) is 13.1 Å². The lowest BCUT2D eigenvalue weighted by Crippen LogP contribution is -2.41. The molecule has 1 aliphatic heterocycles. The number of para-hydroxylation sites is 1. The summed E-state index contributed by atoms with van der Waals surface area (Å²) in [6.45, 7) is 5.35. The smallest absolute Gasteiger partial charge is 0.246 e. The van der Waals surface area contributed by atoms with E-state index in [1.807, 2.05) is 0 Å². The van der Waals surface area contributed by atoms with Gasteiger partial charge in [-0.25, -0.2) is 12.8 Å². The number of nitrogens with zero attached hydrogens (tertiary/aromatic N) is 3. The third kappa shape index (κ3) is 3.74. The standard InChI is InChI=1S/C17H22FN3O4S/c1-13-17(26(22,23)20-7-10-24-11-8-20)14(2)21(19-13)9-12-25-16-6-4-3-5-15(16)18/h3-6H,7-12H2,1-2H3. The van der Waals surface area contributed by atoms with Crippen LogP contribution in [0, 0.1) is 19.7 Å². The van der Waals surface area contributed by atoms with Gasteiger partial charge in [0.05, 0.1) is 31.1 Å². The van der Waals surface area contributed by atoms with E-state index in [0.29, 0.717) is 44.2 Å². The van der Waals surface area contributed by atoms with Crippen molar-refractivity contribution in [1.82, 2.24) is 14.1 Å². The number of sulfonamides is 1. The molecule has 7 nitrogen and oxygen atoms in total. The molecule has 0 atom stereocenters. The van der Waals surface area contributed by atoms with Crippen molar-refractivity contribution in [2.75, 3.05) is 32.9 Å². The zero-order chi connectivity index (χ0) is 18.7. The van der Waals surface area contributed by atoms with E-state index in [-0.39, 0.29) is 17.3 Å². The lowest BCUT2D eigenvalue weighted by atomic mass is 10.3. The van der Waals surface area contributed by atoms with Crippen LogP contribution in [0.2, 0.25) is 0 Å². The van der Waals surface area contributed by atoms with Crippen molar-refractivity contribution in [2.45, 2.75) is 25.3 Å². The summed E-state index contributed by atoms with van der Waals surface area (Å²) in [7, 11) is -3.62. The fraction of sp³-hybridized carbons (Fsp3) is 0.471. The molecule has 26 heavy (non-hydrogen) atoms. The Hall–Kier alpha value is -1.97. The summed E-state index contributed by atoms with van der Waals surface area (Å²) < 4.78 is 53.1. The predicted octanol–water partition coefficient (Wildman–Crippen LogP) is 1.74. The summed E-state index contributed by atoms with van der Waals surface area (Å²) in [4.78, 5) is 0.227. The lowest BCUT2D eigenvalue weighted by Gasteiger charge is -2.26. The van der Waals surface area contributed by atoms with Crippen molar-refractivity contribution >= 4 is 10.0 Å². The summed E-state index contributed by atoms with van der Waals surface area (Å²) in [5.74, 6) is -0.272. The lowest BCUT2D eigenvalue weighted by molar-refractivity contribution is 0.0730. The second kappa shape index (κ2) is 7.73. The first kappa shape index (κ1) is 18.8. The first-order valence-electron chi connectivity index (χ1n) is 8.40. The van der Waals surface area contributed by atoms with E-state index in [2.05, 4.69) is 5.10 Å². The van der Waals surface area contributed by atoms with Gasteiger partial charge in [0.1, 0.15) is 11.5 Å². The van der Waals surface area contributed by atoms with Gasteiger partial charge in [-0.3, -0.25) is 4.68 Å². The van der Waals surface area contributed by atoms with Crippen LogP contribution in [0.15, 0.2) is 29.2 Å². The first-order chi connectivity index (χ1) is 12.4. The second-order valence-corrected chi connectivity index (χ2v) is 7.89. The number of aryl methyl sites for hydroxylation is 1. The Labute approximate surface area is 152 Å². The van der Waals surface area contributed by atoms with Crippen molar-refractivity contribution in [3.8, 4) is 5.75 Å². The van der Waals surface area contributed by atoms with Crippen molar-refractivity contribution in [3.63, 3.8) is 0 Å². The van der Waals surface area contributed by atoms with E-state index in [1.54, 1.807) is 36.7 Å². The average Bonchev–Trinajstić information content (AvgIpc) is 2.91. The molecule has 1 saturated heterocycles. The molecule has 0 N–H and O–H groups in total. The van der Waals surface area contributed by atoms with Gasteiger partial charge >= 0.3 is 0 Å². The average molecular weight is 383 g/mol. The molecule has 0 amide bonds. The van der Waals surface area contributed by atoms with Crippen LogP contribution in [0.4, 0.5) is 4.39 Å². The van der Waals surface area contributed by atoms with Crippen LogP contribution in [0.25, 0.3) is 0 Å². The van der Waals surface area contributed by atoms with Crippen LogP contribution < -0.4 is 4.74 Å². The molecular weight excluding hydrogens is 361 g/mol. The van der Waals surface area contributed by atoms with Crippen LogP contribution >= 0.6 is 0 Å². The Morgan fingerprint density at radius 2 is 1.92 bits per heavy atom. The van der Waals surface area contributed by atoms with E-state index in [0.717, 1.165) is 0 Å². The number of ether oxygens (including phenoxy) is 2. The van der Waals surface area contributed by atoms with E-state index >= 15 is 0 Å². The maximum atomic E-state index is 13.6. The minimum Gasteiger partial charge on any atom is -0.489 e. The number of benzene rings is 1. The highest BCUT2D eigenvalue weighted by molar-refractivity contribution is 7.89. The van der Waals surface area contributed by atoms with E-state index in [9.17, 15) is 12.8 Å². The van der Waals surface area contributed by atoms with Gasteiger partial charge in [0.15, 0.2) is 11.6 Å². The molecule has 0 bridgehead atoms. The molecule has 2 heterocycles. The molecule has 2 aromatic rings. The fourth-order valence-electron chi connectivity index (χ4n) is 2.99. The number of hydrogen-bond donors (Lipinski definition) is 0. The monoisotopic (exact) mass is 383 g/mol. The minimum absolute atomic E-state index is 0.162.